The second kappa shape index (κ2) is 16.3. The van der Waals surface area contributed by atoms with E-state index in [0.717, 1.165) is 39.1 Å². The summed E-state index contributed by atoms with van der Waals surface area (Å²) in [6.07, 6.45) is 14.8. The van der Waals surface area contributed by atoms with Crippen LogP contribution in [-0.2, 0) is 24.3 Å². The number of epoxide rings is 1. The lowest BCUT2D eigenvalue weighted by Gasteiger charge is -2.19. The van der Waals surface area contributed by atoms with Gasteiger partial charge in [0.05, 0.1) is 25.9 Å². The lowest BCUT2D eigenvalue weighted by Crippen LogP contribution is -2.22. The Morgan fingerprint density at radius 3 is 2.08 bits per heavy atom. The van der Waals surface area contributed by atoms with E-state index < -0.39 is 0 Å². The van der Waals surface area contributed by atoms with Gasteiger partial charge in [0.25, 0.3) is 0 Å². The van der Waals surface area contributed by atoms with Gasteiger partial charge in [-0.2, -0.15) is 0 Å². The van der Waals surface area contributed by atoms with Crippen LogP contribution in [0.4, 0.5) is 0 Å². The van der Waals surface area contributed by atoms with Gasteiger partial charge in [-0.25, -0.2) is 9.78 Å². The minimum Gasteiger partial charge on any atom is -0.379 e. The Kier molecular flexibility index (Phi) is 14.8. The topological polar surface area (TPSA) is 49.5 Å². The molecule has 2 saturated heterocycles. The van der Waals surface area contributed by atoms with Crippen LogP contribution in [0.15, 0.2) is 0 Å². The molecule has 2 aliphatic rings. The van der Waals surface area contributed by atoms with E-state index in [4.69, 9.17) is 14.4 Å². The number of hydrogen-bond acceptors (Lipinski definition) is 5. The van der Waals surface area contributed by atoms with E-state index in [-0.39, 0.29) is 6.10 Å². The van der Waals surface area contributed by atoms with E-state index >= 15 is 0 Å². The maximum atomic E-state index is 5.40. The molecule has 144 valence electrons. The molecule has 0 radical (unpaired) electrons. The standard InChI is InChI=1S/C10H22.C9H16O5/c1-3-5-7-9-10-8-6-4-2;1(4-10-6-9-7-11-9)2-8-3-5-12-14-13-8/h3-10H2,1-2H3;8-9H,1-7H2. The Balaban J connectivity index is 0.000000257. The van der Waals surface area contributed by atoms with Crippen LogP contribution >= 0.6 is 0 Å². The third-order valence-corrected chi connectivity index (χ3v) is 4.22. The highest BCUT2D eigenvalue weighted by molar-refractivity contribution is 4.67. The zero-order valence-electron chi connectivity index (χ0n) is 15.8. The summed E-state index contributed by atoms with van der Waals surface area (Å²) in [5.74, 6) is 0. The van der Waals surface area contributed by atoms with E-state index in [1.54, 1.807) is 0 Å². The Morgan fingerprint density at radius 1 is 0.875 bits per heavy atom. The minimum atomic E-state index is 0.157. The Hall–Kier alpha value is -0.200. The highest BCUT2D eigenvalue weighted by atomic mass is 17.5. The molecule has 0 amide bonds. The number of hydrogen-bond donors (Lipinski definition) is 0. The first-order chi connectivity index (χ1) is 11.9. The van der Waals surface area contributed by atoms with Crippen molar-refractivity contribution in [3.05, 3.63) is 0 Å². The predicted molar refractivity (Wildman–Crippen MR) is 94.6 cm³/mol. The summed E-state index contributed by atoms with van der Waals surface area (Å²) < 4.78 is 10.4. The molecule has 5 nitrogen and oxygen atoms in total. The molecule has 2 aliphatic heterocycles. The van der Waals surface area contributed by atoms with Gasteiger partial charge in [-0.15, -0.1) is 0 Å². The summed E-state index contributed by atoms with van der Waals surface area (Å²) in [4.78, 5) is 9.51. The lowest BCUT2D eigenvalue weighted by atomic mass is 10.1. The van der Waals surface area contributed by atoms with Crippen molar-refractivity contribution in [2.75, 3.05) is 26.4 Å². The van der Waals surface area contributed by atoms with Crippen LogP contribution in [0.3, 0.4) is 0 Å². The van der Waals surface area contributed by atoms with Gasteiger partial charge in [-0.05, 0) is 12.8 Å². The predicted octanol–water partition coefficient (Wildman–Crippen LogP) is 4.98. The summed E-state index contributed by atoms with van der Waals surface area (Å²) in [6, 6.07) is 0. The maximum absolute atomic E-state index is 5.40. The van der Waals surface area contributed by atoms with Crippen molar-refractivity contribution >= 4 is 0 Å². The Labute approximate surface area is 148 Å². The third kappa shape index (κ3) is 14.2. The van der Waals surface area contributed by atoms with Crippen LogP contribution < -0.4 is 0 Å². The second-order valence-corrected chi connectivity index (χ2v) is 6.69. The molecule has 0 aromatic carbocycles. The highest BCUT2D eigenvalue weighted by Gasteiger charge is 2.22. The molecule has 2 unspecified atom stereocenters. The van der Waals surface area contributed by atoms with Gasteiger partial charge in [-0.1, -0.05) is 70.3 Å². The third-order valence-electron chi connectivity index (χ3n) is 4.22. The summed E-state index contributed by atoms with van der Waals surface area (Å²) in [5, 5.41) is 4.43. The average Bonchev–Trinajstić information content (AvgIpc) is 3.44. The zero-order chi connectivity index (χ0) is 17.3. The molecule has 0 aliphatic carbocycles. The first-order valence-corrected chi connectivity index (χ1v) is 10.0. The van der Waals surface area contributed by atoms with Crippen molar-refractivity contribution in [2.24, 2.45) is 0 Å². The van der Waals surface area contributed by atoms with E-state index in [1.807, 2.05) is 0 Å². The lowest BCUT2D eigenvalue weighted by molar-refractivity contribution is -0.549. The van der Waals surface area contributed by atoms with Crippen LogP contribution in [0.2, 0.25) is 0 Å². The van der Waals surface area contributed by atoms with Gasteiger partial charge in [0.1, 0.15) is 6.10 Å². The fraction of sp³-hybridized carbons (Fsp3) is 1.00. The van der Waals surface area contributed by atoms with Crippen molar-refractivity contribution in [1.82, 2.24) is 0 Å². The van der Waals surface area contributed by atoms with Crippen molar-refractivity contribution in [3.63, 3.8) is 0 Å². The van der Waals surface area contributed by atoms with E-state index in [1.165, 1.54) is 51.4 Å². The van der Waals surface area contributed by atoms with Crippen molar-refractivity contribution in [2.45, 2.75) is 96.7 Å². The smallest absolute Gasteiger partial charge is 0.104 e. The molecule has 2 atom stereocenters. The van der Waals surface area contributed by atoms with Gasteiger partial charge in [0.2, 0.25) is 0 Å². The molecular formula is C19H38O5. The van der Waals surface area contributed by atoms with Gasteiger partial charge in [0.15, 0.2) is 0 Å². The Bertz CT molecular complexity index is 244. The molecule has 24 heavy (non-hydrogen) atoms. The number of unbranched alkanes of at least 4 members (excludes halogenated alkanes) is 7. The van der Waals surface area contributed by atoms with Gasteiger partial charge in [-0.3, -0.25) is 0 Å². The van der Waals surface area contributed by atoms with Crippen LogP contribution in [0.5, 0.6) is 0 Å². The maximum Gasteiger partial charge on any atom is 0.104 e. The van der Waals surface area contributed by atoms with E-state index in [9.17, 15) is 0 Å². The molecular weight excluding hydrogens is 308 g/mol. The molecule has 2 heterocycles. The highest BCUT2D eigenvalue weighted by Crippen LogP contribution is 2.13. The summed E-state index contributed by atoms with van der Waals surface area (Å²) >= 11 is 0. The van der Waals surface area contributed by atoms with Gasteiger partial charge < -0.3 is 9.47 Å². The molecule has 0 N–H and O–H groups in total. The largest absolute Gasteiger partial charge is 0.379 e. The summed E-state index contributed by atoms with van der Waals surface area (Å²) in [6.45, 7) is 7.50. The van der Waals surface area contributed by atoms with Crippen LogP contribution in [-0.4, -0.2) is 38.6 Å². The molecule has 0 saturated carbocycles. The second-order valence-electron chi connectivity index (χ2n) is 6.69. The SMILES string of the molecule is C(COCC1CO1)CC1CCOOO1.CCCCCCCCCC. The molecule has 0 bridgehead atoms. The van der Waals surface area contributed by atoms with Gasteiger partial charge in [0, 0.05) is 13.0 Å². The van der Waals surface area contributed by atoms with Crippen molar-refractivity contribution < 1.29 is 24.3 Å². The Morgan fingerprint density at radius 2 is 1.54 bits per heavy atom. The minimum absolute atomic E-state index is 0.157. The van der Waals surface area contributed by atoms with Crippen LogP contribution in [0, 0.1) is 0 Å². The molecule has 2 rings (SSSR count). The summed E-state index contributed by atoms with van der Waals surface area (Å²) in [7, 11) is 0. The number of rotatable bonds is 13. The fourth-order valence-corrected chi connectivity index (χ4v) is 2.54. The molecule has 0 spiro atoms. The van der Waals surface area contributed by atoms with E-state index in [2.05, 4.69) is 23.8 Å². The monoisotopic (exact) mass is 346 g/mol. The van der Waals surface area contributed by atoms with E-state index in [0.29, 0.717) is 12.7 Å². The average molecular weight is 347 g/mol. The molecule has 5 heteroatoms. The molecule has 0 aromatic heterocycles. The summed E-state index contributed by atoms with van der Waals surface area (Å²) in [5.41, 5.74) is 0. The normalized spacial score (nSPS) is 22.8. The first-order valence-electron chi connectivity index (χ1n) is 10.0. The first kappa shape index (κ1) is 21.8. The van der Waals surface area contributed by atoms with Gasteiger partial charge >= 0.3 is 0 Å². The molecule has 0 aromatic rings. The quantitative estimate of drug-likeness (QED) is 0.267. The van der Waals surface area contributed by atoms with Crippen LogP contribution in [0.25, 0.3) is 0 Å². The van der Waals surface area contributed by atoms with Crippen molar-refractivity contribution in [1.29, 1.82) is 0 Å². The van der Waals surface area contributed by atoms with Crippen molar-refractivity contribution in [3.8, 4) is 0 Å². The molecule has 2 fully saturated rings. The fourth-order valence-electron chi connectivity index (χ4n) is 2.54. The van der Waals surface area contributed by atoms with Crippen LogP contribution in [0.1, 0.15) is 84.5 Å². The zero-order valence-corrected chi connectivity index (χ0v) is 15.8. The number of ether oxygens (including phenoxy) is 2.